The molecule has 0 bridgehead atoms. The molecular formula is C19H33NO10. The predicted molar refractivity (Wildman–Crippen MR) is 101 cm³/mol. The lowest BCUT2D eigenvalue weighted by Crippen LogP contribution is -2.56. The zero-order valence-corrected chi connectivity index (χ0v) is 17.0. The Morgan fingerprint density at radius 3 is 2.27 bits per heavy atom. The van der Waals surface area contributed by atoms with Crippen LogP contribution in [-0.4, -0.2) is 105 Å². The largest absolute Gasteiger partial charge is 0.510 e. The Morgan fingerprint density at radius 1 is 0.967 bits per heavy atom. The molecule has 0 aromatic carbocycles. The first-order valence-electron chi connectivity index (χ1n) is 10.2. The van der Waals surface area contributed by atoms with Crippen molar-refractivity contribution in [3.05, 3.63) is 11.8 Å². The van der Waals surface area contributed by atoms with Crippen LogP contribution < -0.4 is 5.73 Å². The van der Waals surface area contributed by atoms with Gasteiger partial charge in [-0.15, -0.1) is 0 Å². The van der Waals surface area contributed by atoms with Gasteiger partial charge in [-0.25, -0.2) is 0 Å². The van der Waals surface area contributed by atoms with Crippen LogP contribution in [0, 0.1) is 11.8 Å². The fourth-order valence-electron chi connectivity index (χ4n) is 4.33. The van der Waals surface area contributed by atoms with Crippen molar-refractivity contribution in [1.29, 1.82) is 0 Å². The molecule has 0 aromatic rings. The Bertz CT molecular complexity index is 606. The highest BCUT2D eigenvalue weighted by molar-refractivity contribution is 5.07. The van der Waals surface area contributed by atoms with Gasteiger partial charge < -0.3 is 55.3 Å². The summed E-state index contributed by atoms with van der Waals surface area (Å²) in [6.45, 7) is 3.22. The molecule has 3 aliphatic rings. The second-order valence-corrected chi connectivity index (χ2v) is 8.40. The number of hydrogen-bond donors (Lipinski definition) is 7. The van der Waals surface area contributed by atoms with Crippen LogP contribution in [0.1, 0.15) is 20.3 Å². The van der Waals surface area contributed by atoms with Crippen LogP contribution in [0.3, 0.4) is 0 Å². The van der Waals surface area contributed by atoms with Gasteiger partial charge in [-0.05, 0) is 18.3 Å². The summed E-state index contributed by atoms with van der Waals surface area (Å²) >= 11 is 0. The zero-order valence-electron chi connectivity index (χ0n) is 17.0. The molecule has 12 atom stereocenters. The lowest BCUT2D eigenvalue weighted by atomic mass is 9.77. The third-order valence-electron chi connectivity index (χ3n) is 6.13. The first kappa shape index (κ1) is 23.8. The van der Waals surface area contributed by atoms with E-state index >= 15 is 0 Å². The molecule has 11 heteroatoms. The normalized spacial score (nSPS) is 49.8. The van der Waals surface area contributed by atoms with Gasteiger partial charge >= 0.3 is 0 Å². The molecule has 174 valence electrons. The molecule has 1 saturated heterocycles. The summed E-state index contributed by atoms with van der Waals surface area (Å²) in [6, 6.07) is 0. The Morgan fingerprint density at radius 2 is 1.67 bits per heavy atom. The van der Waals surface area contributed by atoms with E-state index in [1.165, 1.54) is 6.08 Å². The smallest absolute Gasteiger partial charge is 0.187 e. The molecule has 11 nitrogen and oxygen atoms in total. The topological polar surface area (TPSA) is 184 Å². The van der Waals surface area contributed by atoms with Crippen LogP contribution in [0.2, 0.25) is 0 Å². The first-order valence-corrected chi connectivity index (χ1v) is 10.2. The van der Waals surface area contributed by atoms with Gasteiger partial charge in [-0.3, -0.25) is 0 Å². The second kappa shape index (κ2) is 9.74. The minimum atomic E-state index is -1.37. The lowest BCUT2D eigenvalue weighted by molar-refractivity contribution is -0.286. The van der Waals surface area contributed by atoms with Crippen molar-refractivity contribution < 1.29 is 49.6 Å². The molecule has 4 unspecified atom stereocenters. The highest BCUT2D eigenvalue weighted by Gasteiger charge is 2.49. The van der Waals surface area contributed by atoms with Gasteiger partial charge in [0.05, 0.1) is 18.8 Å². The summed E-state index contributed by atoms with van der Waals surface area (Å²) in [5, 5.41) is 60.2. The second-order valence-electron chi connectivity index (χ2n) is 8.40. The van der Waals surface area contributed by atoms with E-state index in [9.17, 15) is 30.6 Å². The highest BCUT2D eigenvalue weighted by Crippen LogP contribution is 2.37. The molecule has 0 spiro atoms. The van der Waals surface area contributed by atoms with Gasteiger partial charge in [0.1, 0.15) is 42.4 Å². The van der Waals surface area contributed by atoms with Crippen LogP contribution in [0.5, 0.6) is 0 Å². The van der Waals surface area contributed by atoms with Crippen molar-refractivity contribution in [1.82, 2.24) is 0 Å². The third kappa shape index (κ3) is 4.65. The summed E-state index contributed by atoms with van der Waals surface area (Å²) in [5.41, 5.74) is 5.54. The average Bonchev–Trinajstić information content (AvgIpc) is 2.98. The van der Waals surface area contributed by atoms with Crippen LogP contribution in [0.4, 0.5) is 0 Å². The Kier molecular flexibility index (Phi) is 7.72. The van der Waals surface area contributed by atoms with Gasteiger partial charge in [0, 0.05) is 12.6 Å². The maximum absolute atomic E-state index is 10.8. The van der Waals surface area contributed by atoms with E-state index < -0.39 is 68.0 Å². The summed E-state index contributed by atoms with van der Waals surface area (Å²) in [6.07, 6.45) is -8.94. The number of rotatable bonds is 6. The van der Waals surface area contributed by atoms with Crippen LogP contribution in [0.25, 0.3) is 0 Å². The maximum atomic E-state index is 10.8. The minimum absolute atomic E-state index is 0.0110. The fourth-order valence-corrected chi connectivity index (χ4v) is 4.33. The van der Waals surface area contributed by atoms with Gasteiger partial charge in [0.15, 0.2) is 12.6 Å². The molecule has 3 rings (SSSR count). The van der Waals surface area contributed by atoms with Gasteiger partial charge in [0.2, 0.25) is 0 Å². The van der Waals surface area contributed by atoms with Crippen molar-refractivity contribution in [2.75, 3.05) is 13.2 Å². The number of aliphatic hydroxyl groups excluding tert-OH is 6. The molecule has 30 heavy (non-hydrogen) atoms. The molecule has 2 fully saturated rings. The van der Waals surface area contributed by atoms with Crippen LogP contribution in [0.15, 0.2) is 11.8 Å². The number of aliphatic hydroxyl groups is 6. The average molecular weight is 435 g/mol. The van der Waals surface area contributed by atoms with Crippen molar-refractivity contribution in [3.63, 3.8) is 0 Å². The Labute approximate surface area is 174 Å². The summed E-state index contributed by atoms with van der Waals surface area (Å²) < 4.78 is 22.8. The molecule has 0 aromatic heterocycles. The lowest BCUT2D eigenvalue weighted by Gasteiger charge is -2.45. The van der Waals surface area contributed by atoms with Crippen molar-refractivity contribution >= 4 is 0 Å². The SMILES string of the molecule is CC1C[C@@H](C)[C@@H](O)C(O[C@@H]2O[C@H](CN)C(O)[C@@H]2O)[C@@H]1O[C@@H]1C=C(O)[C@H](O)C(CO)O1. The van der Waals surface area contributed by atoms with E-state index in [4.69, 9.17) is 24.7 Å². The maximum Gasteiger partial charge on any atom is 0.187 e. The first-order chi connectivity index (χ1) is 14.2. The molecular weight excluding hydrogens is 402 g/mol. The van der Waals surface area contributed by atoms with E-state index in [1.54, 1.807) is 0 Å². The summed E-state index contributed by atoms with van der Waals surface area (Å²) in [7, 11) is 0. The number of ether oxygens (including phenoxy) is 4. The van der Waals surface area contributed by atoms with Gasteiger partial charge in [-0.1, -0.05) is 13.8 Å². The monoisotopic (exact) mass is 435 g/mol. The molecule has 0 amide bonds. The van der Waals surface area contributed by atoms with Crippen LogP contribution in [-0.2, 0) is 18.9 Å². The standard InChI is InChI=1S/C19H33NO10/c1-7-3-8(2)17(29-12-4-9(22)14(24)11(6-21)27-12)18(13(7)23)30-19-16(26)15(25)10(5-20)28-19/h4,7-8,10-19,21-26H,3,5-6,20H2,1-2H3/t7-,8?,10-,11?,12-,13-,14+,15?,16+,17-,18?,19+/m1/s1. The molecule has 1 saturated carbocycles. The Hall–Kier alpha value is -0.860. The number of nitrogens with two attached hydrogens (primary N) is 1. The fraction of sp³-hybridized carbons (Fsp3) is 0.895. The zero-order chi connectivity index (χ0) is 22.2. The van der Waals surface area contributed by atoms with Crippen molar-refractivity contribution in [2.24, 2.45) is 17.6 Å². The van der Waals surface area contributed by atoms with E-state index in [0.29, 0.717) is 6.42 Å². The molecule has 0 radical (unpaired) electrons. The minimum Gasteiger partial charge on any atom is -0.510 e. The molecule has 8 N–H and O–H groups in total. The van der Waals surface area contributed by atoms with Gasteiger partial charge in [0.25, 0.3) is 0 Å². The molecule has 2 heterocycles. The number of hydrogen-bond acceptors (Lipinski definition) is 11. The van der Waals surface area contributed by atoms with E-state index in [0.717, 1.165) is 0 Å². The third-order valence-corrected chi connectivity index (χ3v) is 6.13. The Balaban J connectivity index is 1.77. The summed E-state index contributed by atoms with van der Waals surface area (Å²) in [4.78, 5) is 0. The summed E-state index contributed by atoms with van der Waals surface area (Å²) in [5.74, 6) is -0.633. The highest BCUT2D eigenvalue weighted by atomic mass is 16.7. The van der Waals surface area contributed by atoms with E-state index in [2.05, 4.69) is 0 Å². The quantitative estimate of drug-likeness (QED) is 0.238. The molecule has 2 aliphatic heterocycles. The van der Waals surface area contributed by atoms with E-state index in [1.807, 2.05) is 13.8 Å². The van der Waals surface area contributed by atoms with Crippen molar-refractivity contribution in [3.8, 4) is 0 Å². The predicted octanol–water partition coefficient (Wildman–Crippen LogP) is -2.28. The van der Waals surface area contributed by atoms with Crippen molar-refractivity contribution in [2.45, 2.75) is 81.7 Å². The van der Waals surface area contributed by atoms with E-state index in [-0.39, 0.29) is 24.1 Å². The van der Waals surface area contributed by atoms with Gasteiger partial charge in [-0.2, -0.15) is 0 Å². The van der Waals surface area contributed by atoms with Crippen LogP contribution >= 0.6 is 0 Å². The molecule has 1 aliphatic carbocycles.